The number of hydrogen-bond donors (Lipinski definition) is 1. The van der Waals surface area contributed by atoms with Crippen molar-refractivity contribution in [3.05, 3.63) is 30.3 Å². The maximum Gasteiger partial charge on any atom is 0.244 e. The smallest absolute Gasteiger partial charge is 0.244 e. The molecule has 1 fully saturated rings. The lowest BCUT2D eigenvalue weighted by Gasteiger charge is -2.00. The fourth-order valence-electron chi connectivity index (χ4n) is 1.86. The van der Waals surface area contributed by atoms with Crippen LogP contribution in [0.1, 0.15) is 18.4 Å². The largest absolute Gasteiger partial charge is 0.337 e. The first kappa shape index (κ1) is 15.8. The highest BCUT2D eigenvalue weighted by molar-refractivity contribution is 5.85. The number of alkyl halides is 1. The number of rotatable bonds is 2. The average molecular weight is 307 g/mol. The normalized spacial score (nSPS) is 21.5. The maximum atomic E-state index is 13.0. The van der Waals surface area contributed by atoms with Gasteiger partial charge in [0.25, 0.3) is 0 Å². The fraction of sp³-hybridized carbons (Fsp3) is 0.364. The van der Waals surface area contributed by atoms with Gasteiger partial charge in [-0.05, 0) is 12.1 Å². The van der Waals surface area contributed by atoms with Gasteiger partial charge in [-0.15, -0.1) is 24.8 Å². The Hall–Kier alpha value is -1.24. The van der Waals surface area contributed by atoms with E-state index in [1.165, 1.54) is 0 Å². The molecule has 1 aliphatic heterocycles. The zero-order valence-electron chi connectivity index (χ0n) is 9.82. The summed E-state index contributed by atoms with van der Waals surface area (Å²) in [6.07, 6.45) is 1.20. The first-order chi connectivity index (χ1) is 8.33. The average Bonchev–Trinajstić information content (AvgIpc) is 2.98. The topological polar surface area (TPSA) is 63.8 Å². The molecule has 0 amide bonds. The summed E-state index contributed by atoms with van der Waals surface area (Å²) in [6, 6.07) is 5.28. The number of nitrogens with one attached hydrogen (secondary N) is 1. The fourth-order valence-corrected chi connectivity index (χ4v) is 1.86. The molecule has 0 aromatic carbocycles. The second-order valence-electron chi connectivity index (χ2n) is 3.97. The van der Waals surface area contributed by atoms with Crippen molar-refractivity contribution >= 4 is 24.8 Å². The highest BCUT2D eigenvalue weighted by Crippen LogP contribution is 2.25. The highest BCUT2D eigenvalue weighted by Gasteiger charge is 2.29. The van der Waals surface area contributed by atoms with Gasteiger partial charge in [-0.25, -0.2) is 4.39 Å². The summed E-state index contributed by atoms with van der Waals surface area (Å²) in [5.41, 5.74) is 0.650. The molecule has 1 aliphatic rings. The molecule has 2 aromatic heterocycles. The first-order valence-corrected chi connectivity index (χ1v) is 5.45. The molecule has 0 radical (unpaired) electrons. The van der Waals surface area contributed by atoms with Crippen LogP contribution in [-0.2, 0) is 0 Å². The summed E-state index contributed by atoms with van der Waals surface area (Å²) < 4.78 is 18.1. The van der Waals surface area contributed by atoms with Crippen molar-refractivity contribution in [3.63, 3.8) is 0 Å². The molecular weight excluding hydrogens is 294 g/mol. The predicted molar refractivity (Wildman–Crippen MR) is 72.3 cm³/mol. The van der Waals surface area contributed by atoms with Crippen molar-refractivity contribution in [1.82, 2.24) is 20.4 Å². The van der Waals surface area contributed by atoms with E-state index in [0.29, 0.717) is 30.4 Å². The SMILES string of the molecule is Cl.Cl.FC1CNC(c2nc(-c3ccccn3)no2)C1. The molecular formula is C11H13Cl2FN4O. The Labute approximate surface area is 121 Å². The van der Waals surface area contributed by atoms with Crippen LogP contribution in [0.15, 0.2) is 28.9 Å². The van der Waals surface area contributed by atoms with E-state index in [2.05, 4.69) is 20.4 Å². The van der Waals surface area contributed by atoms with E-state index in [4.69, 9.17) is 4.52 Å². The van der Waals surface area contributed by atoms with Gasteiger partial charge in [0, 0.05) is 19.2 Å². The Morgan fingerprint density at radius 2 is 2.16 bits per heavy atom. The van der Waals surface area contributed by atoms with Gasteiger partial charge in [0.1, 0.15) is 11.9 Å². The third kappa shape index (κ3) is 3.40. The van der Waals surface area contributed by atoms with E-state index >= 15 is 0 Å². The summed E-state index contributed by atoms with van der Waals surface area (Å²) in [7, 11) is 0. The van der Waals surface area contributed by atoms with Gasteiger partial charge in [-0.1, -0.05) is 11.2 Å². The number of halogens is 3. The third-order valence-electron chi connectivity index (χ3n) is 2.71. The molecule has 3 heterocycles. The van der Waals surface area contributed by atoms with Crippen molar-refractivity contribution in [2.24, 2.45) is 0 Å². The van der Waals surface area contributed by atoms with Crippen LogP contribution in [0.25, 0.3) is 11.5 Å². The zero-order chi connectivity index (χ0) is 11.7. The van der Waals surface area contributed by atoms with E-state index in [1.54, 1.807) is 12.3 Å². The molecule has 0 spiro atoms. The van der Waals surface area contributed by atoms with Gasteiger partial charge in [-0.2, -0.15) is 4.98 Å². The summed E-state index contributed by atoms with van der Waals surface area (Å²) in [6.45, 7) is 0.339. The molecule has 2 atom stereocenters. The van der Waals surface area contributed by atoms with Gasteiger partial charge in [0.2, 0.25) is 11.7 Å². The number of aromatic nitrogens is 3. The summed E-state index contributed by atoms with van der Waals surface area (Å²) in [4.78, 5) is 8.35. The molecule has 19 heavy (non-hydrogen) atoms. The van der Waals surface area contributed by atoms with Gasteiger partial charge in [0.15, 0.2) is 0 Å². The lowest BCUT2D eigenvalue weighted by atomic mass is 10.2. The van der Waals surface area contributed by atoms with Crippen LogP contribution < -0.4 is 5.32 Å². The van der Waals surface area contributed by atoms with Crippen LogP contribution in [-0.4, -0.2) is 27.8 Å². The van der Waals surface area contributed by atoms with Crippen LogP contribution in [0.4, 0.5) is 4.39 Å². The molecule has 1 saturated heterocycles. The minimum atomic E-state index is -0.842. The first-order valence-electron chi connectivity index (χ1n) is 5.45. The summed E-state index contributed by atoms with van der Waals surface area (Å²) in [5.74, 6) is 0.857. The maximum absolute atomic E-state index is 13.0. The van der Waals surface area contributed by atoms with E-state index in [0.717, 1.165) is 0 Å². The second-order valence-corrected chi connectivity index (χ2v) is 3.97. The Morgan fingerprint density at radius 3 is 2.79 bits per heavy atom. The van der Waals surface area contributed by atoms with Crippen LogP contribution >= 0.6 is 24.8 Å². The Morgan fingerprint density at radius 1 is 1.32 bits per heavy atom. The molecule has 0 saturated carbocycles. The van der Waals surface area contributed by atoms with Gasteiger partial charge < -0.3 is 9.84 Å². The quantitative estimate of drug-likeness (QED) is 0.922. The van der Waals surface area contributed by atoms with Crippen molar-refractivity contribution in [1.29, 1.82) is 0 Å². The Bertz CT molecular complexity index is 510. The predicted octanol–water partition coefficient (Wildman–Crippen LogP) is 2.35. The van der Waals surface area contributed by atoms with Crippen LogP contribution in [0.3, 0.4) is 0 Å². The number of nitrogens with zero attached hydrogens (tertiary/aromatic N) is 3. The minimum Gasteiger partial charge on any atom is -0.337 e. The Kier molecular flexibility index (Phi) is 5.65. The van der Waals surface area contributed by atoms with Crippen molar-refractivity contribution in [2.75, 3.05) is 6.54 Å². The number of pyridine rings is 1. The molecule has 2 aromatic rings. The molecule has 0 aliphatic carbocycles. The standard InChI is InChI=1S/C11H11FN4O.2ClH/c12-7-5-9(14-6-7)11-15-10(16-17-11)8-3-1-2-4-13-8;;/h1-4,7,9,14H,5-6H2;2*1H. The molecule has 104 valence electrons. The van der Waals surface area contributed by atoms with E-state index < -0.39 is 6.17 Å². The highest BCUT2D eigenvalue weighted by atomic mass is 35.5. The van der Waals surface area contributed by atoms with Crippen molar-refractivity contribution < 1.29 is 8.91 Å². The molecule has 5 nitrogen and oxygen atoms in total. The molecule has 2 unspecified atom stereocenters. The van der Waals surface area contributed by atoms with E-state index in [-0.39, 0.29) is 30.9 Å². The lowest BCUT2D eigenvalue weighted by Crippen LogP contribution is -2.14. The second kappa shape index (κ2) is 6.79. The lowest BCUT2D eigenvalue weighted by molar-refractivity contribution is 0.324. The van der Waals surface area contributed by atoms with Crippen LogP contribution in [0.2, 0.25) is 0 Å². The molecule has 8 heteroatoms. The van der Waals surface area contributed by atoms with Gasteiger partial charge >= 0.3 is 0 Å². The van der Waals surface area contributed by atoms with E-state index in [1.807, 2.05) is 12.1 Å². The number of hydrogen-bond acceptors (Lipinski definition) is 5. The monoisotopic (exact) mass is 306 g/mol. The third-order valence-corrected chi connectivity index (χ3v) is 2.71. The van der Waals surface area contributed by atoms with E-state index in [9.17, 15) is 4.39 Å². The van der Waals surface area contributed by atoms with Crippen molar-refractivity contribution in [3.8, 4) is 11.5 Å². The molecule has 1 N–H and O–H groups in total. The Balaban J connectivity index is 0.000000902. The van der Waals surface area contributed by atoms with Gasteiger partial charge in [0.05, 0.1) is 6.04 Å². The van der Waals surface area contributed by atoms with Crippen molar-refractivity contribution in [2.45, 2.75) is 18.6 Å². The zero-order valence-corrected chi connectivity index (χ0v) is 11.5. The summed E-state index contributed by atoms with van der Waals surface area (Å²) in [5, 5.41) is 6.84. The minimum absolute atomic E-state index is 0. The molecule has 0 bridgehead atoms. The van der Waals surface area contributed by atoms with Crippen LogP contribution in [0.5, 0.6) is 0 Å². The van der Waals surface area contributed by atoms with Crippen LogP contribution in [0, 0.1) is 0 Å². The molecule has 3 rings (SSSR count). The summed E-state index contributed by atoms with van der Waals surface area (Å²) >= 11 is 0. The van der Waals surface area contributed by atoms with Gasteiger partial charge in [-0.3, -0.25) is 4.98 Å².